The minimum absolute atomic E-state index is 0.502. The molecule has 1 aliphatic rings. The Labute approximate surface area is 102 Å². The van der Waals surface area contributed by atoms with Gasteiger partial charge in [0.2, 0.25) is 0 Å². The van der Waals surface area contributed by atoms with Gasteiger partial charge in [0, 0.05) is 41.0 Å². The highest BCUT2D eigenvalue weighted by atomic mass is 32.2. The zero-order chi connectivity index (χ0) is 12.3. The third-order valence-corrected chi connectivity index (χ3v) is 4.07. The predicted octanol–water partition coefficient (Wildman–Crippen LogP) is 0.939. The highest BCUT2D eigenvalue weighted by Crippen LogP contribution is 2.22. The molecule has 1 aromatic carbocycles. The first-order valence-electron chi connectivity index (χ1n) is 5.34. The zero-order valence-electron chi connectivity index (χ0n) is 9.26. The number of benzene rings is 1. The molecule has 0 bridgehead atoms. The molecule has 0 radical (unpaired) electrons. The average Bonchev–Trinajstić information content (AvgIpc) is 2.39. The number of aldehydes is 1. The number of carbonyl (C=O) groups is 1. The summed E-state index contributed by atoms with van der Waals surface area (Å²) in [6.45, 7) is 1.39. The van der Waals surface area contributed by atoms with Gasteiger partial charge in [0.05, 0.1) is 11.3 Å². The molecule has 1 aromatic rings. The number of rotatable bonds is 2. The molecule has 1 heterocycles. The lowest BCUT2D eigenvalue weighted by atomic mass is 10.1. The molecule has 0 unspecified atom stereocenters. The van der Waals surface area contributed by atoms with Crippen molar-refractivity contribution in [2.24, 2.45) is 0 Å². The second kappa shape index (κ2) is 5.11. The van der Waals surface area contributed by atoms with Gasteiger partial charge in [-0.2, -0.15) is 5.26 Å². The molecule has 4 nitrogen and oxygen atoms in total. The Hall–Kier alpha value is -1.67. The van der Waals surface area contributed by atoms with E-state index in [1.165, 1.54) is 0 Å². The third-order valence-electron chi connectivity index (χ3n) is 2.80. The van der Waals surface area contributed by atoms with Crippen molar-refractivity contribution < 1.29 is 9.00 Å². The fourth-order valence-corrected chi connectivity index (χ4v) is 2.92. The molecule has 5 heteroatoms. The number of hydrogen-bond donors (Lipinski definition) is 0. The molecule has 1 saturated heterocycles. The molecule has 0 N–H and O–H groups in total. The molecule has 1 aliphatic heterocycles. The number of anilines is 1. The Kier molecular flexibility index (Phi) is 3.55. The van der Waals surface area contributed by atoms with Gasteiger partial charge in [-0.15, -0.1) is 0 Å². The third kappa shape index (κ3) is 2.53. The summed E-state index contributed by atoms with van der Waals surface area (Å²) in [5.74, 6) is 1.28. The molecule has 17 heavy (non-hydrogen) atoms. The van der Waals surface area contributed by atoms with Gasteiger partial charge in [-0.05, 0) is 18.2 Å². The minimum Gasteiger partial charge on any atom is -0.369 e. The second-order valence-corrected chi connectivity index (χ2v) is 5.54. The van der Waals surface area contributed by atoms with E-state index in [0.717, 1.165) is 12.0 Å². The summed E-state index contributed by atoms with van der Waals surface area (Å²) in [4.78, 5) is 12.7. The van der Waals surface area contributed by atoms with Crippen LogP contribution >= 0.6 is 0 Å². The number of hydrogen-bond acceptors (Lipinski definition) is 4. The van der Waals surface area contributed by atoms with E-state index >= 15 is 0 Å². The largest absolute Gasteiger partial charge is 0.369 e. The molecular weight excluding hydrogens is 236 g/mol. The highest BCUT2D eigenvalue weighted by Gasteiger charge is 2.18. The summed E-state index contributed by atoms with van der Waals surface area (Å²) in [6.07, 6.45) is 0.732. The monoisotopic (exact) mass is 248 g/mol. The molecular formula is C12H12N2O2S. The van der Waals surface area contributed by atoms with Crippen molar-refractivity contribution in [2.75, 3.05) is 29.5 Å². The van der Waals surface area contributed by atoms with Crippen molar-refractivity contribution in [1.82, 2.24) is 0 Å². The van der Waals surface area contributed by atoms with Crippen LogP contribution in [-0.4, -0.2) is 35.1 Å². The van der Waals surface area contributed by atoms with Crippen LogP contribution in [0.3, 0.4) is 0 Å². The van der Waals surface area contributed by atoms with Crippen LogP contribution in [0, 0.1) is 11.3 Å². The maximum atomic E-state index is 11.3. The zero-order valence-corrected chi connectivity index (χ0v) is 10.1. The summed E-state index contributed by atoms with van der Waals surface area (Å²) >= 11 is 0. The van der Waals surface area contributed by atoms with Crippen molar-refractivity contribution in [3.8, 4) is 6.07 Å². The Morgan fingerprint density at radius 1 is 1.35 bits per heavy atom. The van der Waals surface area contributed by atoms with Gasteiger partial charge in [0.25, 0.3) is 0 Å². The van der Waals surface area contributed by atoms with Crippen LogP contribution in [-0.2, 0) is 10.8 Å². The standard InChI is InChI=1S/C12H12N2O2S/c13-8-11-7-10(9-15)1-2-12(11)14-3-5-17(16)6-4-14/h1-2,7,9H,3-6H2. The Bertz CT molecular complexity index is 498. The number of nitriles is 1. The van der Waals surface area contributed by atoms with Gasteiger partial charge in [0.15, 0.2) is 0 Å². The molecule has 0 amide bonds. The number of nitrogens with zero attached hydrogens (tertiary/aromatic N) is 2. The van der Waals surface area contributed by atoms with Crippen LogP contribution in [0.2, 0.25) is 0 Å². The van der Waals surface area contributed by atoms with Crippen molar-refractivity contribution in [2.45, 2.75) is 0 Å². The van der Waals surface area contributed by atoms with E-state index in [4.69, 9.17) is 5.26 Å². The molecule has 1 fully saturated rings. The van der Waals surface area contributed by atoms with E-state index in [1.54, 1.807) is 18.2 Å². The Balaban J connectivity index is 2.29. The first-order valence-corrected chi connectivity index (χ1v) is 6.82. The van der Waals surface area contributed by atoms with Crippen molar-refractivity contribution in [3.63, 3.8) is 0 Å². The summed E-state index contributed by atoms with van der Waals surface area (Å²) < 4.78 is 11.3. The summed E-state index contributed by atoms with van der Waals surface area (Å²) in [5.41, 5.74) is 1.84. The molecule has 2 rings (SSSR count). The molecule has 0 spiro atoms. The van der Waals surface area contributed by atoms with E-state index in [0.29, 0.717) is 35.7 Å². The van der Waals surface area contributed by atoms with Crippen molar-refractivity contribution in [1.29, 1.82) is 5.26 Å². The SMILES string of the molecule is N#Cc1cc(C=O)ccc1N1CCS(=O)CC1. The summed E-state index contributed by atoms with van der Waals surface area (Å²) in [6, 6.07) is 7.18. The van der Waals surface area contributed by atoms with Gasteiger partial charge in [-0.25, -0.2) is 0 Å². The normalized spacial score (nSPS) is 16.5. The van der Waals surface area contributed by atoms with E-state index < -0.39 is 10.8 Å². The maximum absolute atomic E-state index is 11.3. The van der Waals surface area contributed by atoms with Gasteiger partial charge in [-0.1, -0.05) is 0 Å². The fourth-order valence-electron chi connectivity index (χ4n) is 1.87. The van der Waals surface area contributed by atoms with E-state index in [9.17, 15) is 9.00 Å². The van der Waals surface area contributed by atoms with Crippen LogP contribution in [0.15, 0.2) is 18.2 Å². The van der Waals surface area contributed by atoms with E-state index in [1.807, 2.05) is 0 Å². The Morgan fingerprint density at radius 2 is 2.06 bits per heavy atom. The van der Waals surface area contributed by atoms with Crippen LogP contribution in [0.25, 0.3) is 0 Å². The average molecular weight is 248 g/mol. The summed E-state index contributed by atoms with van der Waals surface area (Å²) in [5, 5.41) is 9.07. The van der Waals surface area contributed by atoms with Crippen LogP contribution in [0.5, 0.6) is 0 Å². The van der Waals surface area contributed by atoms with Crippen molar-refractivity contribution in [3.05, 3.63) is 29.3 Å². The van der Waals surface area contributed by atoms with Crippen LogP contribution < -0.4 is 4.90 Å². The molecule has 0 saturated carbocycles. The second-order valence-electron chi connectivity index (χ2n) is 3.84. The number of carbonyl (C=O) groups excluding carboxylic acids is 1. The van der Waals surface area contributed by atoms with E-state index in [2.05, 4.69) is 11.0 Å². The molecule has 88 valence electrons. The molecule has 0 atom stereocenters. The minimum atomic E-state index is -0.730. The van der Waals surface area contributed by atoms with Gasteiger partial charge in [-0.3, -0.25) is 9.00 Å². The van der Waals surface area contributed by atoms with Gasteiger partial charge >= 0.3 is 0 Å². The topological polar surface area (TPSA) is 61.2 Å². The lowest BCUT2D eigenvalue weighted by Gasteiger charge is -2.29. The quantitative estimate of drug-likeness (QED) is 0.731. The van der Waals surface area contributed by atoms with E-state index in [-0.39, 0.29) is 0 Å². The first-order chi connectivity index (χ1) is 8.24. The fraction of sp³-hybridized carbons (Fsp3) is 0.333. The van der Waals surface area contributed by atoms with Gasteiger partial charge in [0.1, 0.15) is 12.4 Å². The van der Waals surface area contributed by atoms with Crippen LogP contribution in [0.4, 0.5) is 5.69 Å². The Morgan fingerprint density at radius 3 is 2.65 bits per heavy atom. The maximum Gasteiger partial charge on any atom is 0.150 e. The van der Waals surface area contributed by atoms with Crippen LogP contribution in [0.1, 0.15) is 15.9 Å². The molecule has 0 aliphatic carbocycles. The van der Waals surface area contributed by atoms with Crippen molar-refractivity contribution >= 4 is 22.8 Å². The highest BCUT2D eigenvalue weighted by molar-refractivity contribution is 7.85. The summed E-state index contributed by atoms with van der Waals surface area (Å²) in [7, 11) is -0.730. The predicted molar refractivity (Wildman–Crippen MR) is 66.6 cm³/mol. The lowest BCUT2D eigenvalue weighted by Crippen LogP contribution is -2.38. The molecule has 0 aromatic heterocycles. The smallest absolute Gasteiger partial charge is 0.150 e. The first kappa shape index (κ1) is 11.8. The lowest BCUT2D eigenvalue weighted by molar-refractivity contribution is 0.112. The van der Waals surface area contributed by atoms with Gasteiger partial charge < -0.3 is 4.90 Å².